The average Bonchev–Trinajstić information content (AvgIpc) is 2.98. The molecule has 0 aliphatic carbocycles. The van der Waals surface area contributed by atoms with Crippen molar-refractivity contribution in [3.05, 3.63) is 33.3 Å². The van der Waals surface area contributed by atoms with Crippen molar-refractivity contribution >= 4 is 21.8 Å². The number of aromatic nitrogens is 4. The number of aryl methyl sites for hydroxylation is 3. The summed E-state index contributed by atoms with van der Waals surface area (Å²) < 4.78 is 4.80. The lowest BCUT2D eigenvalue weighted by atomic mass is 10.2. The van der Waals surface area contributed by atoms with E-state index in [0.29, 0.717) is 19.5 Å². The predicted molar refractivity (Wildman–Crippen MR) is 88.5 cm³/mol. The molecule has 22 heavy (non-hydrogen) atoms. The Morgan fingerprint density at radius 1 is 1.27 bits per heavy atom. The molecule has 0 saturated heterocycles. The molecule has 7 heteroatoms. The smallest absolute Gasteiger partial charge is 0.222 e. The number of nitrogens with zero attached hydrogens (tertiary/aromatic N) is 4. The lowest BCUT2D eigenvalue weighted by Crippen LogP contribution is -2.24. The maximum absolute atomic E-state index is 12.0. The number of amides is 1. The topological polar surface area (TPSA) is 64.7 Å². The van der Waals surface area contributed by atoms with E-state index in [2.05, 4.69) is 38.4 Å². The number of carbonyl (C=O) groups excluding carboxylic acids is 1. The molecule has 2 rings (SSSR count). The van der Waals surface area contributed by atoms with Crippen molar-refractivity contribution in [3.63, 3.8) is 0 Å². The van der Waals surface area contributed by atoms with Gasteiger partial charge in [-0.3, -0.25) is 14.2 Å². The molecule has 120 valence electrons. The molecule has 0 fully saturated rings. The fourth-order valence-corrected chi connectivity index (χ4v) is 2.64. The molecule has 0 aliphatic rings. The van der Waals surface area contributed by atoms with Gasteiger partial charge in [0.2, 0.25) is 5.91 Å². The fourth-order valence-electron chi connectivity index (χ4n) is 2.36. The lowest BCUT2D eigenvalue weighted by molar-refractivity contribution is -0.121. The van der Waals surface area contributed by atoms with Gasteiger partial charge < -0.3 is 5.32 Å². The Hall–Kier alpha value is -1.63. The number of rotatable bonds is 6. The van der Waals surface area contributed by atoms with E-state index in [0.717, 1.165) is 33.7 Å². The van der Waals surface area contributed by atoms with E-state index in [1.807, 2.05) is 36.3 Å². The molecule has 0 spiro atoms. The molecule has 1 amide bonds. The second-order valence-electron chi connectivity index (χ2n) is 5.31. The van der Waals surface area contributed by atoms with Crippen LogP contribution in [0.5, 0.6) is 0 Å². The number of hydrogen-bond donors (Lipinski definition) is 1. The quantitative estimate of drug-likeness (QED) is 0.852. The van der Waals surface area contributed by atoms with Crippen LogP contribution < -0.4 is 5.32 Å². The zero-order chi connectivity index (χ0) is 16.3. The summed E-state index contributed by atoms with van der Waals surface area (Å²) in [6.07, 6.45) is 2.23. The minimum Gasteiger partial charge on any atom is -0.352 e. The van der Waals surface area contributed by atoms with E-state index in [1.165, 1.54) is 0 Å². The van der Waals surface area contributed by atoms with Crippen molar-refractivity contribution in [3.8, 4) is 0 Å². The molecule has 0 bridgehead atoms. The van der Waals surface area contributed by atoms with Gasteiger partial charge in [0.05, 0.1) is 22.9 Å². The molecule has 0 radical (unpaired) electrons. The molecule has 0 aliphatic heterocycles. The number of halogens is 1. The van der Waals surface area contributed by atoms with Crippen LogP contribution in [0.25, 0.3) is 0 Å². The van der Waals surface area contributed by atoms with E-state index < -0.39 is 0 Å². The average molecular weight is 368 g/mol. The van der Waals surface area contributed by atoms with Crippen molar-refractivity contribution in [1.82, 2.24) is 24.9 Å². The van der Waals surface area contributed by atoms with Crippen molar-refractivity contribution in [2.45, 2.75) is 53.8 Å². The minimum absolute atomic E-state index is 0.0207. The maximum Gasteiger partial charge on any atom is 0.222 e. The van der Waals surface area contributed by atoms with Crippen molar-refractivity contribution < 1.29 is 4.79 Å². The van der Waals surface area contributed by atoms with Gasteiger partial charge in [-0.05, 0) is 43.6 Å². The van der Waals surface area contributed by atoms with E-state index in [9.17, 15) is 4.79 Å². The monoisotopic (exact) mass is 367 g/mol. The summed E-state index contributed by atoms with van der Waals surface area (Å²) in [4.78, 5) is 12.0. The fraction of sp³-hybridized carbons (Fsp3) is 0.533. The van der Waals surface area contributed by atoms with E-state index in [4.69, 9.17) is 0 Å². The maximum atomic E-state index is 12.0. The van der Waals surface area contributed by atoms with E-state index >= 15 is 0 Å². The molecule has 2 aromatic heterocycles. The van der Waals surface area contributed by atoms with Crippen molar-refractivity contribution in [2.24, 2.45) is 0 Å². The largest absolute Gasteiger partial charge is 0.352 e. The standard InChI is InChI=1S/C15H22BrN5O/c1-5-20-11(3)13(9-18-20)8-17-14(22)6-7-21-12(4)15(16)10(2)19-21/h9H,5-8H2,1-4H3,(H,17,22). The van der Waals surface area contributed by atoms with Crippen LogP contribution in [-0.4, -0.2) is 25.5 Å². The Kier molecular flexibility index (Phi) is 5.39. The second kappa shape index (κ2) is 7.09. The third-order valence-corrected chi connectivity index (χ3v) is 4.97. The van der Waals surface area contributed by atoms with Gasteiger partial charge >= 0.3 is 0 Å². The third-order valence-electron chi connectivity index (χ3n) is 3.82. The Morgan fingerprint density at radius 3 is 2.55 bits per heavy atom. The van der Waals surface area contributed by atoms with Crippen LogP contribution in [-0.2, 0) is 24.4 Å². The first-order chi connectivity index (χ1) is 10.4. The summed E-state index contributed by atoms with van der Waals surface area (Å²) in [6.45, 7) is 9.95. The summed E-state index contributed by atoms with van der Waals surface area (Å²) in [6, 6.07) is 0. The van der Waals surface area contributed by atoms with Crippen LogP contribution in [0.1, 0.15) is 36.0 Å². The number of carbonyl (C=O) groups is 1. The first kappa shape index (κ1) is 16.7. The minimum atomic E-state index is 0.0207. The molecular weight excluding hydrogens is 346 g/mol. The summed E-state index contributed by atoms with van der Waals surface area (Å²) in [5, 5.41) is 11.6. The van der Waals surface area contributed by atoms with Gasteiger partial charge in [0, 0.05) is 36.5 Å². The van der Waals surface area contributed by atoms with Crippen molar-refractivity contribution in [1.29, 1.82) is 0 Å². The van der Waals surface area contributed by atoms with Gasteiger partial charge in [-0.25, -0.2) is 0 Å². The predicted octanol–water partition coefficient (Wildman–Crippen LogP) is 2.49. The molecule has 0 unspecified atom stereocenters. The Morgan fingerprint density at radius 2 is 2.00 bits per heavy atom. The van der Waals surface area contributed by atoms with Gasteiger partial charge in [-0.1, -0.05) is 0 Å². The van der Waals surface area contributed by atoms with Gasteiger partial charge in [-0.15, -0.1) is 0 Å². The highest BCUT2D eigenvalue weighted by Gasteiger charge is 2.11. The molecule has 0 atom stereocenters. The Bertz CT molecular complexity index is 674. The van der Waals surface area contributed by atoms with Gasteiger partial charge in [-0.2, -0.15) is 10.2 Å². The molecule has 2 heterocycles. The van der Waals surface area contributed by atoms with Crippen LogP contribution in [0, 0.1) is 20.8 Å². The normalized spacial score (nSPS) is 11.0. The highest BCUT2D eigenvalue weighted by Crippen LogP contribution is 2.19. The SMILES string of the molecule is CCn1ncc(CNC(=O)CCn2nc(C)c(Br)c2C)c1C. The van der Waals surface area contributed by atoms with Crippen LogP contribution in [0.15, 0.2) is 10.7 Å². The van der Waals surface area contributed by atoms with Gasteiger partial charge in [0.25, 0.3) is 0 Å². The van der Waals surface area contributed by atoms with Gasteiger partial charge in [0.15, 0.2) is 0 Å². The Labute approximate surface area is 139 Å². The van der Waals surface area contributed by atoms with Crippen LogP contribution in [0.3, 0.4) is 0 Å². The molecule has 0 saturated carbocycles. The van der Waals surface area contributed by atoms with Crippen LogP contribution in [0.4, 0.5) is 0 Å². The lowest BCUT2D eigenvalue weighted by Gasteiger charge is -2.07. The first-order valence-corrected chi connectivity index (χ1v) is 8.20. The summed E-state index contributed by atoms with van der Waals surface area (Å²) in [7, 11) is 0. The van der Waals surface area contributed by atoms with Crippen molar-refractivity contribution in [2.75, 3.05) is 0 Å². The second-order valence-corrected chi connectivity index (χ2v) is 6.10. The van der Waals surface area contributed by atoms with Crippen LogP contribution >= 0.6 is 15.9 Å². The highest BCUT2D eigenvalue weighted by molar-refractivity contribution is 9.10. The zero-order valence-corrected chi connectivity index (χ0v) is 15.1. The Balaban J connectivity index is 1.85. The molecule has 0 aromatic carbocycles. The molecule has 2 aromatic rings. The third kappa shape index (κ3) is 3.58. The number of hydrogen-bond acceptors (Lipinski definition) is 3. The first-order valence-electron chi connectivity index (χ1n) is 7.41. The van der Waals surface area contributed by atoms with Crippen LogP contribution in [0.2, 0.25) is 0 Å². The molecule has 6 nitrogen and oxygen atoms in total. The van der Waals surface area contributed by atoms with E-state index in [1.54, 1.807) is 0 Å². The molecular formula is C15H22BrN5O. The summed E-state index contributed by atoms with van der Waals surface area (Å²) in [5.74, 6) is 0.0207. The molecule has 1 N–H and O–H groups in total. The summed E-state index contributed by atoms with van der Waals surface area (Å²) >= 11 is 3.49. The van der Waals surface area contributed by atoms with Gasteiger partial charge in [0.1, 0.15) is 0 Å². The summed E-state index contributed by atoms with van der Waals surface area (Å²) in [5.41, 5.74) is 4.15. The highest BCUT2D eigenvalue weighted by atomic mass is 79.9. The number of nitrogens with one attached hydrogen (secondary N) is 1. The zero-order valence-electron chi connectivity index (χ0n) is 13.5. The van der Waals surface area contributed by atoms with E-state index in [-0.39, 0.29) is 5.91 Å².